The van der Waals surface area contributed by atoms with Crippen LogP contribution in [0.2, 0.25) is 0 Å². The van der Waals surface area contributed by atoms with Crippen LogP contribution in [0.3, 0.4) is 0 Å². The van der Waals surface area contributed by atoms with Crippen LogP contribution in [-0.4, -0.2) is 42.8 Å². The maximum absolute atomic E-state index is 15.2. The summed E-state index contributed by atoms with van der Waals surface area (Å²) >= 11 is 0. The van der Waals surface area contributed by atoms with Crippen LogP contribution in [-0.2, 0) is 20.0 Å². The Hall–Kier alpha value is -0.610. The fourth-order valence-corrected chi connectivity index (χ4v) is 6.12. The van der Waals surface area contributed by atoms with Crippen LogP contribution >= 0.6 is 0 Å². The molecule has 0 amide bonds. The molecule has 0 aliphatic heterocycles. The number of hydrogen-bond donors (Lipinski definition) is 1. The lowest BCUT2D eigenvalue weighted by Gasteiger charge is -2.39. The molecule has 0 aromatic carbocycles. The molecule has 5 nitrogen and oxygen atoms in total. The van der Waals surface area contributed by atoms with E-state index < -0.39 is 41.4 Å². The Bertz CT molecular complexity index is 726. The first-order valence-corrected chi connectivity index (χ1v) is 12.1. The van der Waals surface area contributed by atoms with Gasteiger partial charge in [0, 0.05) is 0 Å². The molecule has 0 aromatic rings. The van der Waals surface area contributed by atoms with E-state index in [1.165, 1.54) is 6.42 Å². The normalized spacial score (nSPS) is 23.8. The van der Waals surface area contributed by atoms with E-state index in [0.717, 1.165) is 32.1 Å². The van der Waals surface area contributed by atoms with Crippen LogP contribution in [0.1, 0.15) is 65.2 Å². The van der Waals surface area contributed by atoms with Crippen LogP contribution in [0.5, 0.6) is 0 Å². The van der Waals surface area contributed by atoms with E-state index in [4.69, 9.17) is 4.55 Å². The average molecular weight is 435 g/mol. The Balaban J connectivity index is 2.93. The molecule has 0 bridgehead atoms. The lowest BCUT2D eigenvalue weighted by Crippen LogP contribution is -2.63. The highest BCUT2D eigenvalue weighted by Crippen LogP contribution is 2.48. The molecular formula is C17H29F3O5S2. The second-order valence-electron chi connectivity index (χ2n) is 7.56. The van der Waals surface area contributed by atoms with Crippen LogP contribution in [0.4, 0.5) is 13.2 Å². The number of sulfone groups is 1. The minimum atomic E-state index is -5.75. The van der Waals surface area contributed by atoms with Crippen molar-refractivity contribution in [2.24, 2.45) is 5.92 Å². The van der Waals surface area contributed by atoms with Crippen molar-refractivity contribution in [1.29, 1.82) is 0 Å². The molecule has 0 aromatic heterocycles. The summed E-state index contributed by atoms with van der Waals surface area (Å²) in [6, 6.07) is 0. The molecule has 160 valence electrons. The lowest BCUT2D eigenvalue weighted by atomic mass is 9.86. The molecule has 0 radical (unpaired) electrons. The van der Waals surface area contributed by atoms with Gasteiger partial charge < -0.3 is 0 Å². The number of rotatable bonds is 10. The molecule has 1 aliphatic rings. The number of hydrogen-bond acceptors (Lipinski definition) is 4. The van der Waals surface area contributed by atoms with E-state index in [9.17, 15) is 25.6 Å². The van der Waals surface area contributed by atoms with Crippen molar-refractivity contribution in [2.45, 2.75) is 80.9 Å². The molecular weight excluding hydrogens is 405 g/mol. The lowest BCUT2D eigenvalue weighted by molar-refractivity contribution is -0.0281. The molecule has 0 heterocycles. The third-order valence-corrected chi connectivity index (χ3v) is 9.31. The second-order valence-corrected chi connectivity index (χ2v) is 11.5. The molecule has 1 saturated carbocycles. The zero-order valence-corrected chi connectivity index (χ0v) is 17.4. The van der Waals surface area contributed by atoms with Crippen LogP contribution < -0.4 is 0 Å². The molecule has 1 aliphatic carbocycles. The van der Waals surface area contributed by atoms with E-state index >= 15 is 4.39 Å². The van der Waals surface area contributed by atoms with E-state index in [1.54, 1.807) is 0 Å². The van der Waals surface area contributed by atoms with Crippen molar-refractivity contribution < 1.29 is 34.6 Å². The Labute approximate surface area is 160 Å². The van der Waals surface area contributed by atoms with Crippen molar-refractivity contribution in [1.82, 2.24) is 0 Å². The quantitative estimate of drug-likeness (QED) is 0.314. The van der Waals surface area contributed by atoms with E-state index in [2.05, 4.69) is 6.58 Å². The summed E-state index contributed by atoms with van der Waals surface area (Å²) in [6.07, 6.45) is 6.87. The van der Waals surface area contributed by atoms with Crippen LogP contribution in [0.25, 0.3) is 0 Å². The largest absolute Gasteiger partial charge is 0.303 e. The Kier molecular flexibility index (Phi) is 7.60. The first-order chi connectivity index (χ1) is 12.1. The summed E-state index contributed by atoms with van der Waals surface area (Å²) in [5.41, 5.74) is -4.11. The maximum Gasteiger partial charge on any atom is 0.303 e. The minimum absolute atomic E-state index is 0.0310. The van der Waals surface area contributed by atoms with Crippen LogP contribution in [0.15, 0.2) is 12.7 Å². The zero-order chi connectivity index (χ0) is 21.1. The highest BCUT2D eigenvalue weighted by Gasteiger charge is 2.71. The molecule has 0 spiro atoms. The van der Waals surface area contributed by atoms with Gasteiger partial charge in [0.15, 0.2) is 9.84 Å². The molecule has 27 heavy (non-hydrogen) atoms. The molecule has 1 rings (SSSR count). The van der Waals surface area contributed by atoms with Gasteiger partial charge in [0.1, 0.15) is 0 Å². The Morgan fingerprint density at radius 3 is 2.00 bits per heavy atom. The monoisotopic (exact) mass is 434 g/mol. The SMILES string of the molecule is C=CC(F)(C(C)(F)C(C)(F)S(=O)(=O)O)S(=O)(=O)CCCCC1CCCCC1. The summed E-state index contributed by atoms with van der Waals surface area (Å²) in [5, 5.41) is -8.22. The standard InChI is InChI=1S/C17H29F3O5S2/c1-4-17(20,15(2,18)16(3,19)27(23,24)25)26(21,22)13-9-8-12-14-10-6-5-7-11-14/h4,14H,1,5-13H2,2-3H3,(H,23,24,25). The van der Waals surface area contributed by atoms with Gasteiger partial charge in [-0.15, -0.1) is 0 Å². The summed E-state index contributed by atoms with van der Waals surface area (Å²) in [7, 11) is -10.7. The van der Waals surface area contributed by atoms with Crippen molar-refractivity contribution in [3.63, 3.8) is 0 Å². The Morgan fingerprint density at radius 1 is 1.04 bits per heavy atom. The zero-order valence-electron chi connectivity index (χ0n) is 15.8. The van der Waals surface area contributed by atoms with Crippen LogP contribution in [0, 0.1) is 5.92 Å². The molecule has 10 heteroatoms. The number of alkyl halides is 3. The Morgan fingerprint density at radius 2 is 1.56 bits per heavy atom. The van der Waals surface area contributed by atoms with Gasteiger partial charge in [0.25, 0.3) is 10.0 Å². The third-order valence-electron chi connectivity index (χ3n) is 5.68. The summed E-state index contributed by atoms with van der Waals surface area (Å²) in [4.78, 5) is 0. The number of unbranched alkanes of at least 4 members (excludes halogenated alkanes) is 1. The third kappa shape index (κ3) is 4.70. The van der Waals surface area contributed by atoms with Gasteiger partial charge >= 0.3 is 10.1 Å². The van der Waals surface area contributed by atoms with E-state index in [0.29, 0.717) is 12.3 Å². The first-order valence-electron chi connectivity index (χ1n) is 9.03. The highest BCUT2D eigenvalue weighted by molar-refractivity contribution is 7.93. The number of halogens is 3. The average Bonchev–Trinajstić information content (AvgIpc) is 2.57. The van der Waals surface area contributed by atoms with Crippen molar-refractivity contribution >= 4 is 20.0 Å². The minimum Gasteiger partial charge on any atom is -0.283 e. The molecule has 1 fully saturated rings. The van der Waals surface area contributed by atoms with Crippen molar-refractivity contribution in [3.05, 3.63) is 12.7 Å². The highest BCUT2D eigenvalue weighted by atomic mass is 32.2. The van der Waals surface area contributed by atoms with Gasteiger partial charge in [-0.2, -0.15) is 8.42 Å². The predicted molar refractivity (Wildman–Crippen MR) is 98.8 cm³/mol. The first kappa shape index (κ1) is 24.4. The fraction of sp³-hybridized carbons (Fsp3) is 0.882. The van der Waals surface area contributed by atoms with Gasteiger partial charge in [-0.25, -0.2) is 21.6 Å². The van der Waals surface area contributed by atoms with Gasteiger partial charge in [0.2, 0.25) is 5.67 Å². The summed E-state index contributed by atoms with van der Waals surface area (Å²) < 4.78 is 101. The van der Waals surface area contributed by atoms with Crippen molar-refractivity contribution in [2.75, 3.05) is 5.75 Å². The predicted octanol–water partition coefficient (Wildman–Crippen LogP) is 4.31. The molecule has 1 N–H and O–H groups in total. The summed E-state index contributed by atoms with van der Waals surface area (Å²) in [6.45, 7) is 3.16. The van der Waals surface area contributed by atoms with Gasteiger partial charge in [0.05, 0.1) is 5.75 Å². The molecule has 0 saturated heterocycles. The van der Waals surface area contributed by atoms with Gasteiger partial charge in [-0.05, 0) is 32.3 Å². The fourth-order valence-electron chi connectivity index (χ4n) is 3.51. The van der Waals surface area contributed by atoms with Gasteiger partial charge in [-0.3, -0.25) is 4.55 Å². The van der Waals surface area contributed by atoms with Crippen molar-refractivity contribution in [3.8, 4) is 0 Å². The second kappa shape index (κ2) is 8.41. The molecule has 3 unspecified atom stereocenters. The smallest absolute Gasteiger partial charge is 0.283 e. The topological polar surface area (TPSA) is 88.5 Å². The summed E-state index contributed by atoms with van der Waals surface area (Å²) in [5.74, 6) is -0.306. The maximum atomic E-state index is 15.2. The molecule has 3 atom stereocenters. The van der Waals surface area contributed by atoms with E-state index in [1.807, 2.05) is 0 Å². The van der Waals surface area contributed by atoms with Gasteiger partial charge in [-0.1, -0.05) is 51.5 Å². The van der Waals surface area contributed by atoms with E-state index in [-0.39, 0.29) is 26.3 Å².